The number of nitrogens with zero attached hydrogens (tertiary/aromatic N) is 2. The van der Waals surface area contributed by atoms with Gasteiger partial charge in [-0.05, 0) is 31.7 Å². The van der Waals surface area contributed by atoms with Crippen LogP contribution in [0.3, 0.4) is 0 Å². The molecule has 0 saturated carbocycles. The minimum absolute atomic E-state index is 0.0254. The first-order valence-corrected chi connectivity index (χ1v) is 8.45. The second-order valence-electron chi connectivity index (χ2n) is 6.81. The molecule has 0 spiro atoms. The molecule has 2 amide bonds. The zero-order valence-corrected chi connectivity index (χ0v) is 13.2. The van der Waals surface area contributed by atoms with Crippen LogP contribution in [-0.4, -0.2) is 59.4 Å². The predicted octanol–water partition coefficient (Wildman–Crippen LogP) is 0.986. The van der Waals surface area contributed by atoms with Gasteiger partial charge in [0.25, 0.3) is 0 Å². The fourth-order valence-corrected chi connectivity index (χ4v) is 4.19. The SMILES string of the molecule is CCC(C)C1NC(=O)CCN(C2CCN3CCCC23)C1=O. The number of carbonyl (C=O) groups excluding carboxylic acids is 2. The monoisotopic (exact) mass is 293 g/mol. The first kappa shape index (κ1) is 14.8. The standard InChI is InChI=1S/C16H27N3O2/c1-3-11(2)15-16(21)19(10-7-14(20)17-15)13-6-9-18-8-4-5-12(13)18/h11-13,15H,3-10H2,1-2H3,(H,17,20). The van der Waals surface area contributed by atoms with Gasteiger partial charge >= 0.3 is 0 Å². The van der Waals surface area contributed by atoms with E-state index < -0.39 is 0 Å². The molecule has 5 nitrogen and oxygen atoms in total. The molecule has 3 aliphatic rings. The molecule has 0 aromatic heterocycles. The van der Waals surface area contributed by atoms with Crippen LogP contribution >= 0.6 is 0 Å². The fraction of sp³-hybridized carbons (Fsp3) is 0.875. The Morgan fingerprint density at radius 1 is 1.19 bits per heavy atom. The lowest BCUT2D eigenvalue weighted by Crippen LogP contribution is -2.53. The topological polar surface area (TPSA) is 52.7 Å². The predicted molar refractivity (Wildman–Crippen MR) is 80.7 cm³/mol. The third-order valence-electron chi connectivity index (χ3n) is 5.63. The first-order chi connectivity index (χ1) is 10.1. The first-order valence-electron chi connectivity index (χ1n) is 8.45. The second-order valence-corrected chi connectivity index (χ2v) is 6.81. The van der Waals surface area contributed by atoms with Crippen molar-refractivity contribution in [3.8, 4) is 0 Å². The van der Waals surface area contributed by atoms with E-state index in [-0.39, 0.29) is 23.8 Å². The highest BCUT2D eigenvalue weighted by Crippen LogP contribution is 2.32. The molecule has 118 valence electrons. The third kappa shape index (κ3) is 2.68. The largest absolute Gasteiger partial charge is 0.344 e. The van der Waals surface area contributed by atoms with Crippen LogP contribution in [0.25, 0.3) is 0 Å². The summed E-state index contributed by atoms with van der Waals surface area (Å²) in [7, 11) is 0. The highest BCUT2D eigenvalue weighted by Gasteiger charge is 2.44. The lowest BCUT2D eigenvalue weighted by molar-refractivity contribution is -0.137. The Balaban J connectivity index is 1.80. The maximum atomic E-state index is 13.0. The van der Waals surface area contributed by atoms with Gasteiger partial charge in [0, 0.05) is 31.6 Å². The van der Waals surface area contributed by atoms with Gasteiger partial charge in [-0.25, -0.2) is 0 Å². The normalized spacial score (nSPS) is 35.5. The van der Waals surface area contributed by atoms with Crippen LogP contribution in [-0.2, 0) is 9.59 Å². The summed E-state index contributed by atoms with van der Waals surface area (Å²) >= 11 is 0. The Bertz CT molecular complexity index is 426. The molecular weight excluding hydrogens is 266 g/mol. The van der Waals surface area contributed by atoms with Crippen molar-refractivity contribution in [2.45, 2.75) is 64.1 Å². The van der Waals surface area contributed by atoms with E-state index >= 15 is 0 Å². The summed E-state index contributed by atoms with van der Waals surface area (Å²) < 4.78 is 0. The van der Waals surface area contributed by atoms with Crippen LogP contribution in [0.4, 0.5) is 0 Å². The van der Waals surface area contributed by atoms with Crippen LogP contribution in [0.15, 0.2) is 0 Å². The number of hydrogen-bond acceptors (Lipinski definition) is 3. The second kappa shape index (κ2) is 5.95. The Morgan fingerprint density at radius 3 is 2.76 bits per heavy atom. The Labute approximate surface area is 127 Å². The molecule has 0 aromatic rings. The molecule has 3 fully saturated rings. The van der Waals surface area contributed by atoms with E-state index in [1.165, 1.54) is 19.4 Å². The average molecular weight is 293 g/mol. The molecule has 4 unspecified atom stereocenters. The van der Waals surface area contributed by atoms with Crippen molar-refractivity contribution in [2.75, 3.05) is 19.6 Å². The van der Waals surface area contributed by atoms with Crippen LogP contribution in [0.2, 0.25) is 0 Å². The van der Waals surface area contributed by atoms with Crippen molar-refractivity contribution >= 4 is 11.8 Å². The summed E-state index contributed by atoms with van der Waals surface area (Å²) in [5.41, 5.74) is 0. The molecule has 5 heteroatoms. The van der Waals surface area contributed by atoms with Crippen molar-refractivity contribution in [2.24, 2.45) is 5.92 Å². The number of carbonyl (C=O) groups is 2. The smallest absolute Gasteiger partial charge is 0.245 e. The minimum atomic E-state index is -0.333. The summed E-state index contributed by atoms with van der Waals surface area (Å²) in [5, 5.41) is 2.95. The Morgan fingerprint density at radius 2 is 2.00 bits per heavy atom. The highest BCUT2D eigenvalue weighted by atomic mass is 16.2. The van der Waals surface area contributed by atoms with Gasteiger partial charge in [-0.1, -0.05) is 20.3 Å². The highest BCUT2D eigenvalue weighted by molar-refractivity contribution is 5.90. The molecule has 0 aliphatic carbocycles. The van der Waals surface area contributed by atoms with Gasteiger partial charge in [0.05, 0.1) is 0 Å². The van der Waals surface area contributed by atoms with Crippen LogP contribution in [0.5, 0.6) is 0 Å². The summed E-state index contributed by atoms with van der Waals surface area (Å²) in [6, 6.07) is 0.513. The Hall–Kier alpha value is -1.10. The van der Waals surface area contributed by atoms with Gasteiger partial charge in [-0.3, -0.25) is 14.5 Å². The molecule has 0 radical (unpaired) electrons. The maximum Gasteiger partial charge on any atom is 0.245 e. The van der Waals surface area contributed by atoms with Crippen molar-refractivity contribution in [3.63, 3.8) is 0 Å². The lowest BCUT2D eigenvalue weighted by atomic mass is 9.96. The van der Waals surface area contributed by atoms with Crippen LogP contribution in [0, 0.1) is 5.92 Å². The van der Waals surface area contributed by atoms with Crippen molar-refractivity contribution in [1.82, 2.24) is 15.1 Å². The molecule has 4 atom stereocenters. The summed E-state index contributed by atoms with van der Waals surface area (Å²) in [5.74, 6) is 0.370. The molecule has 0 bridgehead atoms. The van der Waals surface area contributed by atoms with Crippen molar-refractivity contribution in [1.29, 1.82) is 0 Å². The number of amides is 2. The molecule has 0 aromatic carbocycles. The average Bonchev–Trinajstić information content (AvgIpc) is 3.04. The minimum Gasteiger partial charge on any atom is -0.344 e. The van der Waals surface area contributed by atoms with Gasteiger partial charge < -0.3 is 10.2 Å². The van der Waals surface area contributed by atoms with Crippen molar-refractivity contribution in [3.05, 3.63) is 0 Å². The molecule has 3 aliphatic heterocycles. The van der Waals surface area contributed by atoms with Crippen molar-refractivity contribution < 1.29 is 9.59 Å². The lowest BCUT2D eigenvalue weighted by Gasteiger charge is -2.34. The quantitative estimate of drug-likeness (QED) is 0.844. The third-order valence-corrected chi connectivity index (χ3v) is 5.63. The van der Waals surface area contributed by atoms with E-state index in [0.29, 0.717) is 25.0 Å². The number of hydrogen-bond donors (Lipinski definition) is 1. The van der Waals surface area contributed by atoms with E-state index in [9.17, 15) is 9.59 Å². The fourth-order valence-electron chi connectivity index (χ4n) is 4.19. The van der Waals surface area contributed by atoms with Crippen LogP contribution < -0.4 is 5.32 Å². The van der Waals surface area contributed by atoms with Gasteiger partial charge in [-0.15, -0.1) is 0 Å². The Kier molecular flexibility index (Phi) is 4.20. The van der Waals surface area contributed by atoms with Gasteiger partial charge in [0.15, 0.2) is 0 Å². The van der Waals surface area contributed by atoms with Gasteiger partial charge in [-0.2, -0.15) is 0 Å². The molecule has 21 heavy (non-hydrogen) atoms. The number of rotatable bonds is 3. The zero-order chi connectivity index (χ0) is 15.0. The summed E-state index contributed by atoms with van der Waals surface area (Å²) in [4.78, 5) is 29.5. The molecule has 3 rings (SSSR count). The molecule has 3 saturated heterocycles. The molecule has 1 N–H and O–H groups in total. The van der Waals surface area contributed by atoms with E-state index in [1.807, 2.05) is 4.90 Å². The van der Waals surface area contributed by atoms with E-state index in [0.717, 1.165) is 19.4 Å². The molecular formula is C16H27N3O2. The number of fused-ring (bicyclic) bond motifs is 1. The van der Waals surface area contributed by atoms with Gasteiger partial charge in [0.2, 0.25) is 11.8 Å². The van der Waals surface area contributed by atoms with Gasteiger partial charge in [0.1, 0.15) is 6.04 Å². The molecule has 3 heterocycles. The summed E-state index contributed by atoms with van der Waals surface area (Å²) in [6.07, 6.45) is 4.86. The van der Waals surface area contributed by atoms with E-state index in [1.54, 1.807) is 0 Å². The van der Waals surface area contributed by atoms with E-state index in [2.05, 4.69) is 24.1 Å². The summed E-state index contributed by atoms with van der Waals surface area (Å²) in [6.45, 7) is 7.01. The number of nitrogens with one attached hydrogen (secondary N) is 1. The zero-order valence-electron chi connectivity index (χ0n) is 13.2. The van der Waals surface area contributed by atoms with E-state index in [4.69, 9.17) is 0 Å². The maximum absolute atomic E-state index is 13.0. The van der Waals surface area contributed by atoms with Crippen LogP contribution in [0.1, 0.15) is 46.0 Å².